The van der Waals surface area contributed by atoms with Crippen molar-refractivity contribution in [3.63, 3.8) is 0 Å². The van der Waals surface area contributed by atoms with Crippen molar-refractivity contribution in [1.82, 2.24) is 10.2 Å². The van der Waals surface area contributed by atoms with Gasteiger partial charge >= 0.3 is 6.03 Å². The van der Waals surface area contributed by atoms with Gasteiger partial charge in [-0.2, -0.15) is 11.8 Å². The first-order valence-electron chi connectivity index (χ1n) is 6.73. The second kappa shape index (κ2) is 7.24. The zero-order chi connectivity index (χ0) is 13.6. The smallest absolute Gasteiger partial charge is 0.317 e. The van der Waals surface area contributed by atoms with Crippen LogP contribution >= 0.6 is 11.8 Å². The van der Waals surface area contributed by atoms with E-state index >= 15 is 0 Å². The van der Waals surface area contributed by atoms with Crippen molar-refractivity contribution in [2.75, 3.05) is 31.7 Å². The molecule has 0 spiro atoms. The molecule has 1 fully saturated rings. The molecular weight excluding hydrogens is 248 g/mol. The lowest BCUT2D eigenvalue weighted by molar-refractivity contribution is -0.0874. The number of nitrogens with one attached hydrogen (secondary N) is 1. The molecule has 4 nitrogen and oxygen atoms in total. The third-order valence-electron chi connectivity index (χ3n) is 3.56. The van der Waals surface area contributed by atoms with Crippen molar-refractivity contribution in [2.24, 2.45) is 0 Å². The van der Waals surface area contributed by atoms with Crippen LogP contribution in [0.3, 0.4) is 0 Å². The van der Waals surface area contributed by atoms with Gasteiger partial charge in [0.05, 0.1) is 18.8 Å². The number of hydrogen-bond acceptors (Lipinski definition) is 3. The summed E-state index contributed by atoms with van der Waals surface area (Å²) < 4.78 is 5.75. The van der Waals surface area contributed by atoms with Crippen molar-refractivity contribution in [3.8, 4) is 0 Å². The Kier molecular flexibility index (Phi) is 6.29. The van der Waals surface area contributed by atoms with Gasteiger partial charge in [0, 0.05) is 18.3 Å². The highest BCUT2D eigenvalue weighted by atomic mass is 32.2. The maximum absolute atomic E-state index is 12.2. The average Bonchev–Trinajstić information content (AvgIpc) is 2.38. The van der Waals surface area contributed by atoms with Gasteiger partial charge in [-0.25, -0.2) is 4.79 Å². The minimum atomic E-state index is -0.184. The largest absolute Gasteiger partial charge is 0.372 e. The van der Waals surface area contributed by atoms with E-state index < -0.39 is 0 Å². The van der Waals surface area contributed by atoms with Crippen molar-refractivity contribution >= 4 is 17.8 Å². The molecule has 1 aliphatic heterocycles. The maximum Gasteiger partial charge on any atom is 0.317 e. The van der Waals surface area contributed by atoms with E-state index in [4.69, 9.17) is 4.74 Å². The van der Waals surface area contributed by atoms with Gasteiger partial charge in [-0.15, -0.1) is 0 Å². The molecule has 1 saturated heterocycles. The molecule has 0 radical (unpaired) electrons. The number of rotatable bonds is 5. The summed E-state index contributed by atoms with van der Waals surface area (Å²) in [6.45, 7) is 8.30. The van der Waals surface area contributed by atoms with E-state index in [-0.39, 0.29) is 17.7 Å². The zero-order valence-corrected chi connectivity index (χ0v) is 12.8. The van der Waals surface area contributed by atoms with Crippen LogP contribution in [0.25, 0.3) is 0 Å². The highest BCUT2D eigenvalue weighted by Gasteiger charge is 2.32. The number of amides is 2. The van der Waals surface area contributed by atoms with E-state index in [1.165, 1.54) is 0 Å². The Labute approximate surface area is 115 Å². The van der Waals surface area contributed by atoms with Crippen molar-refractivity contribution in [2.45, 2.75) is 45.3 Å². The summed E-state index contributed by atoms with van der Waals surface area (Å²) in [6, 6.07) is 0.321. The Morgan fingerprint density at radius 3 is 2.83 bits per heavy atom. The number of hydrogen-bond donors (Lipinski definition) is 1. The summed E-state index contributed by atoms with van der Waals surface area (Å²) in [5, 5.41) is 3.11. The average molecular weight is 274 g/mol. The Morgan fingerprint density at radius 2 is 2.28 bits per heavy atom. The fraction of sp³-hybridized carbons (Fsp3) is 0.923. The van der Waals surface area contributed by atoms with Crippen LogP contribution in [0, 0.1) is 0 Å². The quantitative estimate of drug-likeness (QED) is 0.836. The number of ether oxygens (including phenoxy) is 1. The van der Waals surface area contributed by atoms with E-state index in [9.17, 15) is 4.79 Å². The van der Waals surface area contributed by atoms with E-state index in [0.717, 1.165) is 18.6 Å². The van der Waals surface area contributed by atoms with Gasteiger partial charge in [-0.1, -0.05) is 13.8 Å². The van der Waals surface area contributed by atoms with E-state index in [1.807, 2.05) is 4.90 Å². The van der Waals surface area contributed by atoms with Crippen molar-refractivity contribution in [3.05, 3.63) is 0 Å². The number of carbonyl (C=O) groups is 1. The van der Waals surface area contributed by atoms with Crippen LogP contribution in [0.5, 0.6) is 0 Å². The minimum absolute atomic E-state index is 0.0545. The Balaban J connectivity index is 2.50. The highest BCUT2D eigenvalue weighted by molar-refractivity contribution is 7.98. The summed E-state index contributed by atoms with van der Waals surface area (Å²) in [6.07, 6.45) is 3.97. The number of thioether (sulfide) groups is 1. The lowest BCUT2D eigenvalue weighted by atomic mass is 10.0. The molecular formula is C13H26N2O2S. The molecule has 0 bridgehead atoms. The molecule has 0 aliphatic carbocycles. The SMILES string of the molecule is CC[C@H](CSC)NC(=O)N1CCO[C@](C)(CC)C1. The molecule has 106 valence electrons. The molecule has 1 rings (SSSR count). The van der Waals surface area contributed by atoms with Crippen LogP contribution in [0.2, 0.25) is 0 Å². The molecule has 1 N–H and O–H groups in total. The number of carbonyl (C=O) groups excluding carboxylic acids is 1. The van der Waals surface area contributed by atoms with Gasteiger partial charge in [0.25, 0.3) is 0 Å². The molecule has 0 saturated carbocycles. The summed E-state index contributed by atoms with van der Waals surface area (Å²) in [5.41, 5.74) is -0.184. The monoisotopic (exact) mass is 274 g/mol. The fourth-order valence-corrected chi connectivity index (χ4v) is 2.77. The van der Waals surface area contributed by atoms with Gasteiger partial charge < -0.3 is 15.0 Å². The van der Waals surface area contributed by atoms with Crippen LogP contribution in [0.4, 0.5) is 4.79 Å². The van der Waals surface area contributed by atoms with Gasteiger partial charge in [0.15, 0.2) is 0 Å². The first-order chi connectivity index (χ1) is 8.54. The first kappa shape index (κ1) is 15.6. The molecule has 5 heteroatoms. The second-order valence-electron chi connectivity index (χ2n) is 5.08. The molecule has 1 heterocycles. The lowest BCUT2D eigenvalue weighted by Gasteiger charge is -2.40. The van der Waals surface area contributed by atoms with Crippen LogP contribution < -0.4 is 5.32 Å². The third kappa shape index (κ3) is 4.35. The zero-order valence-electron chi connectivity index (χ0n) is 12.0. The topological polar surface area (TPSA) is 41.6 Å². The fourth-order valence-electron chi connectivity index (χ4n) is 2.05. The molecule has 18 heavy (non-hydrogen) atoms. The number of morpholine rings is 1. The predicted octanol–water partition coefficient (Wildman–Crippen LogP) is 2.34. The summed E-state index contributed by atoms with van der Waals surface area (Å²) in [4.78, 5) is 14.1. The molecule has 1 aliphatic rings. The lowest BCUT2D eigenvalue weighted by Crippen LogP contribution is -2.56. The third-order valence-corrected chi connectivity index (χ3v) is 4.30. The predicted molar refractivity (Wildman–Crippen MR) is 77.2 cm³/mol. The van der Waals surface area contributed by atoms with Gasteiger partial charge in [-0.3, -0.25) is 0 Å². The van der Waals surface area contributed by atoms with Crippen molar-refractivity contribution in [1.29, 1.82) is 0 Å². The van der Waals surface area contributed by atoms with Crippen LogP contribution in [0.15, 0.2) is 0 Å². The molecule has 2 amide bonds. The Hall–Kier alpha value is -0.420. The summed E-state index contributed by atoms with van der Waals surface area (Å²) >= 11 is 1.77. The van der Waals surface area contributed by atoms with Gasteiger partial charge in [-0.05, 0) is 26.0 Å². The highest BCUT2D eigenvalue weighted by Crippen LogP contribution is 2.21. The van der Waals surface area contributed by atoms with Crippen LogP contribution in [0.1, 0.15) is 33.6 Å². The van der Waals surface area contributed by atoms with E-state index in [2.05, 4.69) is 32.3 Å². The van der Waals surface area contributed by atoms with Crippen LogP contribution in [-0.4, -0.2) is 54.3 Å². The van der Waals surface area contributed by atoms with E-state index in [0.29, 0.717) is 19.7 Å². The normalized spacial score (nSPS) is 25.9. The standard InChI is InChI=1S/C13H26N2O2S/c1-5-11(9-18-4)14-12(16)15-7-8-17-13(3,6-2)10-15/h11H,5-10H2,1-4H3,(H,14,16)/t11-,13-/m1/s1. The van der Waals surface area contributed by atoms with Gasteiger partial charge in [0.2, 0.25) is 0 Å². The number of nitrogens with zero attached hydrogens (tertiary/aromatic N) is 1. The number of urea groups is 1. The molecule has 2 atom stereocenters. The van der Waals surface area contributed by atoms with Crippen LogP contribution in [-0.2, 0) is 4.74 Å². The maximum atomic E-state index is 12.2. The Morgan fingerprint density at radius 1 is 1.56 bits per heavy atom. The van der Waals surface area contributed by atoms with Crippen molar-refractivity contribution < 1.29 is 9.53 Å². The Bertz CT molecular complexity index is 276. The minimum Gasteiger partial charge on any atom is -0.372 e. The first-order valence-corrected chi connectivity index (χ1v) is 8.12. The molecule has 0 aromatic carbocycles. The molecule has 0 aromatic rings. The van der Waals surface area contributed by atoms with E-state index in [1.54, 1.807) is 11.8 Å². The molecule has 0 unspecified atom stereocenters. The molecule has 0 aromatic heterocycles. The van der Waals surface area contributed by atoms with Gasteiger partial charge in [0.1, 0.15) is 0 Å². The second-order valence-corrected chi connectivity index (χ2v) is 5.99. The summed E-state index contributed by atoms with van der Waals surface area (Å²) in [7, 11) is 0. The summed E-state index contributed by atoms with van der Waals surface area (Å²) in [5.74, 6) is 0.970.